The van der Waals surface area contributed by atoms with Gasteiger partial charge in [0.25, 0.3) is 0 Å². The van der Waals surface area contributed by atoms with Crippen LogP contribution in [0.15, 0.2) is 18.5 Å². The van der Waals surface area contributed by atoms with Crippen molar-refractivity contribution in [2.24, 2.45) is 5.41 Å². The third kappa shape index (κ3) is 3.52. The molecule has 0 aromatic carbocycles. The first-order valence-electron chi connectivity index (χ1n) is 8.05. The van der Waals surface area contributed by atoms with E-state index in [1.54, 1.807) is 7.11 Å². The predicted octanol–water partition coefficient (Wildman–Crippen LogP) is 1.81. The summed E-state index contributed by atoms with van der Waals surface area (Å²) in [4.78, 5) is 13.7. The Bertz CT molecular complexity index is 431. The molecule has 2 aliphatic rings. The quantitative estimate of drug-likeness (QED) is 0.846. The van der Waals surface area contributed by atoms with Crippen LogP contribution in [0.1, 0.15) is 25.7 Å². The van der Waals surface area contributed by atoms with Crippen molar-refractivity contribution >= 4 is 5.95 Å². The summed E-state index contributed by atoms with van der Waals surface area (Å²) in [7, 11) is 1.79. The Labute approximate surface area is 127 Å². The zero-order chi connectivity index (χ0) is 14.5. The fourth-order valence-corrected chi connectivity index (χ4v) is 3.77. The minimum absolute atomic E-state index is 0.511. The Morgan fingerprint density at radius 3 is 2.62 bits per heavy atom. The maximum absolute atomic E-state index is 5.23. The lowest BCUT2D eigenvalue weighted by molar-refractivity contribution is 0.0472. The third-order valence-corrected chi connectivity index (χ3v) is 5.01. The van der Waals surface area contributed by atoms with E-state index in [2.05, 4.69) is 19.8 Å². The molecule has 5 heteroatoms. The molecule has 3 rings (SSSR count). The molecule has 0 N–H and O–H groups in total. The molecule has 2 saturated heterocycles. The Balaban J connectivity index is 1.56. The summed E-state index contributed by atoms with van der Waals surface area (Å²) in [5, 5.41) is 0. The summed E-state index contributed by atoms with van der Waals surface area (Å²) >= 11 is 0. The third-order valence-electron chi connectivity index (χ3n) is 5.01. The molecule has 1 aromatic heterocycles. The normalized spacial score (nSPS) is 22.6. The van der Waals surface area contributed by atoms with Gasteiger partial charge in [0.2, 0.25) is 5.95 Å². The Morgan fingerprint density at radius 2 is 1.90 bits per heavy atom. The molecular weight excluding hydrogens is 264 g/mol. The summed E-state index contributed by atoms with van der Waals surface area (Å²) in [5.41, 5.74) is 0.511. The molecule has 21 heavy (non-hydrogen) atoms. The van der Waals surface area contributed by atoms with Crippen LogP contribution in [0, 0.1) is 5.41 Å². The van der Waals surface area contributed by atoms with E-state index < -0.39 is 0 Å². The highest BCUT2D eigenvalue weighted by Crippen LogP contribution is 2.40. The van der Waals surface area contributed by atoms with Gasteiger partial charge in [0.1, 0.15) is 0 Å². The maximum atomic E-state index is 5.23. The molecule has 116 valence electrons. The molecule has 5 nitrogen and oxygen atoms in total. The number of rotatable bonds is 4. The highest BCUT2D eigenvalue weighted by molar-refractivity contribution is 5.29. The first-order chi connectivity index (χ1) is 10.3. The highest BCUT2D eigenvalue weighted by Gasteiger charge is 2.38. The molecule has 0 radical (unpaired) electrons. The van der Waals surface area contributed by atoms with Crippen molar-refractivity contribution in [1.82, 2.24) is 14.9 Å². The molecule has 0 amide bonds. The van der Waals surface area contributed by atoms with Gasteiger partial charge in [0, 0.05) is 45.7 Å². The molecule has 3 heterocycles. The van der Waals surface area contributed by atoms with E-state index in [0.717, 1.165) is 32.2 Å². The number of anilines is 1. The minimum atomic E-state index is 0.511. The highest BCUT2D eigenvalue weighted by atomic mass is 16.5. The van der Waals surface area contributed by atoms with Gasteiger partial charge in [-0.3, -0.25) is 0 Å². The van der Waals surface area contributed by atoms with Crippen molar-refractivity contribution in [2.75, 3.05) is 51.3 Å². The fraction of sp³-hybridized carbons (Fsp3) is 0.750. The molecule has 0 saturated carbocycles. The van der Waals surface area contributed by atoms with Gasteiger partial charge in [-0.1, -0.05) is 0 Å². The lowest BCUT2D eigenvalue weighted by Crippen LogP contribution is -2.50. The molecule has 1 aromatic rings. The zero-order valence-electron chi connectivity index (χ0n) is 13.0. The number of piperidine rings is 2. The second-order valence-electron chi connectivity index (χ2n) is 6.41. The summed E-state index contributed by atoms with van der Waals surface area (Å²) in [6, 6.07) is 1.88. The van der Waals surface area contributed by atoms with E-state index in [1.807, 2.05) is 18.5 Å². The monoisotopic (exact) mass is 290 g/mol. The smallest absolute Gasteiger partial charge is 0.225 e. The second-order valence-corrected chi connectivity index (χ2v) is 6.41. The topological polar surface area (TPSA) is 41.5 Å². The van der Waals surface area contributed by atoms with Gasteiger partial charge in [0.05, 0.1) is 6.61 Å². The Hall–Kier alpha value is -1.20. The van der Waals surface area contributed by atoms with Crippen LogP contribution in [-0.2, 0) is 4.74 Å². The van der Waals surface area contributed by atoms with Crippen LogP contribution in [0.3, 0.4) is 0 Å². The second kappa shape index (κ2) is 6.71. The molecule has 1 spiro atoms. The lowest BCUT2D eigenvalue weighted by atomic mass is 9.72. The Morgan fingerprint density at radius 1 is 1.14 bits per heavy atom. The summed E-state index contributed by atoms with van der Waals surface area (Å²) in [5.74, 6) is 0.888. The van der Waals surface area contributed by atoms with Gasteiger partial charge < -0.3 is 14.5 Å². The van der Waals surface area contributed by atoms with E-state index in [0.29, 0.717) is 5.41 Å². The van der Waals surface area contributed by atoms with Crippen molar-refractivity contribution in [1.29, 1.82) is 0 Å². The van der Waals surface area contributed by atoms with Gasteiger partial charge in [-0.05, 0) is 43.7 Å². The van der Waals surface area contributed by atoms with E-state index >= 15 is 0 Å². The summed E-state index contributed by atoms with van der Waals surface area (Å²) < 4.78 is 5.23. The molecular formula is C16H26N4O. The van der Waals surface area contributed by atoms with Crippen molar-refractivity contribution in [3.63, 3.8) is 0 Å². The van der Waals surface area contributed by atoms with E-state index in [-0.39, 0.29) is 0 Å². The van der Waals surface area contributed by atoms with Crippen LogP contribution in [0.4, 0.5) is 5.95 Å². The first kappa shape index (κ1) is 14.7. The average Bonchev–Trinajstić information content (AvgIpc) is 2.55. The van der Waals surface area contributed by atoms with Gasteiger partial charge >= 0.3 is 0 Å². The Kier molecular flexibility index (Phi) is 4.70. The fourth-order valence-electron chi connectivity index (χ4n) is 3.77. The molecule has 2 aliphatic heterocycles. The molecule has 0 unspecified atom stereocenters. The average molecular weight is 290 g/mol. The number of aromatic nitrogens is 2. The van der Waals surface area contributed by atoms with E-state index in [9.17, 15) is 0 Å². The minimum Gasteiger partial charge on any atom is -0.383 e. The van der Waals surface area contributed by atoms with Crippen LogP contribution in [0.5, 0.6) is 0 Å². The van der Waals surface area contributed by atoms with E-state index in [4.69, 9.17) is 4.74 Å². The SMILES string of the molecule is COCCN1CCCC2(CCN(c3ncccn3)CC2)C1. The van der Waals surface area contributed by atoms with Crippen molar-refractivity contribution in [3.8, 4) is 0 Å². The molecule has 0 aliphatic carbocycles. The van der Waals surface area contributed by atoms with Crippen molar-refractivity contribution < 1.29 is 4.74 Å². The van der Waals surface area contributed by atoms with Crippen LogP contribution >= 0.6 is 0 Å². The molecule has 0 bridgehead atoms. The number of nitrogens with zero attached hydrogens (tertiary/aromatic N) is 4. The zero-order valence-corrected chi connectivity index (χ0v) is 13.0. The van der Waals surface area contributed by atoms with Crippen LogP contribution in [-0.4, -0.2) is 61.3 Å². The maximum Gasteiger partial charge on any atom is 0.225 e. The van der Waals surface area contributed by atoms with E-state index in [1.165, 1.54) is 38.8 Å². The lowest BCUT2D eigenvalue weighted by Gasteiger charge is -2.47. The summed E-state index contributed by atoms with van der Waals surface area (Å²) in [6.45, 7) is 6.56. The van der Waals surface area contributed by atoms with Gasteiger partial charge in [-0.15, -0.1) is 0 Å². The molecule has 0 atom stereocenters. The van der Waals surface area contributed by atoms with Crippen molar-refractivity contribution in [2.45, 2.75) is 25.7 Å². The van der Waals surface area contributed by atoms with Gasteiger partial charge in [-0.2, -0.15) is 0 Å². The van der Waals surface area contributed by atoms with Gasteiger partial charge in [0.15, 0.2) is 0 Å². The number of hydrogen-bond acceptors (Lipinski definition) is 5. The number of methoxy groups -OCH3 is 1. The predicted molar refractivity (Wildman–Crippen MR) is 83.5 cm³/mol. The van der Waals surface area contributed by atoms with Gasteiger partial charge in [-0.25, -0.2) is 9.97 Å². The number of likely N-dealkylation sites (tertiary alicyclic amines) is 1. The number of hydrogen-bond donors (Lipinski definition) is 0. The number of ether oxygens (including phenoxy) is 1. The molecule has 2 fully saturated rings. The van der Waals surface area contributed by atoms with Crippen LogP contribution in [0.2, 0.25) is 0 Å². The van der Waals surface area contributed by atoms with Crippen LogP contribution < -0.4 is 4.90 Å². The first-order valence-corrected chi connectivity index (χ1v) is 8.05. The largest absolute Gasteiger partial charge is 0.383 e. The van der Waals surface area contributed by atoms with Crippen LogP contribution in [0.25, 0.3) is 0 Å². The standard InChI is InChI=1S/C16H26N4O/c1-21-13-12-19-9-2-4-16(14-19)5-10-20(11-6-16)15-17-7-3-8-18-15/h3,7-8H,2,4-6,9-14H2,1H3. The summed E-state index contributed by atoms with van der Waals surface area (Å²) in [6.07, 6.45) is 8.88. The van der Waals surface area contributed by atoms with Crippen molar-refractivity contribution in [3.05, 3.63) is 18.5 Å².